The largest absolute Gasteiger partial charge is 0.378 e. The predicted molar refractivity (Wildman–Crippen MR) is 74.9 cm³/mol. The molecule has 2 aliphatic rings. The molecule has 2 fully saturated rings. The summed E-state index contributed by atoms with van der Waals surface area (Å²) in [7, 11) is 1.88. The molecule has 104 valence electrons. The number of nitrogens with zero attached hydrogens (tertiary/aromatic N) is 2. The summed E-state index contributed by atoms with van der Waals surface area (Å²) >= 11 is 0. The minimum Gasteiger partial charge on any atom is -0.378 e. The quantitative estimate of drug-likeness (QED) is 0.616. The molecule has 1 atom stereocenters. The minimum atomic E-state index is 0.469. The molecular formula is C14H27N3O. The monoisotopic (exact) mass is 253 g/mol. The Morgan fingerprint density at radius 3 is 2.72 bits per heavy atom. The van der Waals surface area contributed by atoms with E-state index >= 15 is 0 Å². The molecule has 2 saturated heterocycles. The van der Waals surface area contributed by atoms with Gasteiger partial charge < -0.3 is 15.0 Å². The third-order valence-electron chi connectivity index (χ3n) is 4.07. The number of guanidine groups is 1. The molecule has 1 N–H and O–H groups in total. The van der Waals surface area contributed by atoms with Gasteiger partial charge in [0.2, 0.25) is 0 Å². The number of aliphatic imine (C=N–C) groups is 1. The molecule has 4 nitrogen and oxygen atoms in total. The molecule has 0 bridgehead atoms. The fraction of sp³-hybridized carbons (Fsp3) is 0.929. The van der Waals surface area contributed by atoms with Crippen LogP contribution in [-0.2, 0) is 4.74 Å². The fourth-order valence-corrected chi connectivity index (χ4v) is 2.77. The van der Waals surface area contributed by atoms with Crippen LogP contribution in [0, 0.1) is 5.92 Å². The van der Waals surface area contributed by atoms with Crippen molar-refractivity contribution in [3.05, 3.63) is 0 Å². The zero-order chi connectivity index (χ0) is 12.8. The van der Waals surface area contributed by atoms with E-state index in [2.05, 4.69) is 22.1 Å². The molecule has 0 aliphatic carbocycles. The van der Waals surface area contributed by atoms with E-state index in [9.17, 15) is 0 Å². The van der Waals surface area contributed by atoms with Crippen molar-refractivity contribution >= 4 is 5.96 Å². The minimum absolute atomic E-state index is 0.469. The van der Waals surface area contributed by atoms with E-state index in [0.717, 1.165) is 44.5 Å². The second kappa shape index (κ2) is 6.98. The lowest BCUT2D eigenvalue weighted by Crippen LogP contribution is -2.45. The van der Waals surface area contributed by atoms with Crippen molar-refractivity contribution in [1.29, 1.82) is 0 Å². The Hall–Kier alpha value is -0.770. The van der Waals surface area contributed by atoms with Crippen molar-refractivity contribution in [2.75, 3.05) is 33.3 Å². The van der Waals surface area contributed by atoms with E-state index in [1.165, 1.54) is 25.7 Å². The molecule has 0 aromatic heterocycles. The number of ether oxygens (including phenoxy) is 1. The van der Waals surface area contributed by atoms with Crippen molar-refractivity contribution in [1.82, 2.24) is 10.2 Å². The van der Waals surface area contributed by atoms with Crippen LogP contribution < -0.4 is 5.32 Å². The molecule has 2 rings (SSSR count). The van der Waals surface area contributed by atoms with Gasteiger partial charge in [0.05, 0.1) is 6.10 Å². The second-order valence-corrected chi connectivity index (χ2v) is 5.57. The van der Waals surface area contributed by atoms with Gasteiger partial charge in [-0.15, -0.1) is 0 Å². The van der Waals surface area contributed by atoms with Gasteiger partial charge in [0.25, 0.3) is 0 Å². The van der Waals surface area contributed by atoms with E-state index in [4.69, 9.17) is 4.74 Å². The summed E-state index contributed by atoms with van der Waals surface area (Å²) in [6.07, 6.45) is 6.59. The third kappa shape index (κ3) is 3.87. The maximum Gasteiger partial charge on any atom is 0.193 e. The number of piperidine rings is 1. The predicted octanol–water partition coefficient (Wildman–Crippen LogP) is 1.86. The van der Waals surface area contributed by atoms with E-state index in [1.807, 2.05) is 7.05 Å². The molecule has 4 heteroatoms. The highest BCUT2D eigenvalue weighted by molar-refractivity contribution is 5.79. The Labute approximate surface area is 111 Å². The van der Waals surface area contributed by atoms with E-state index in [-0.39, 0.29) is 0 Å². The summed E-state index contributed by atoms with van der Waals surface area (Å²) in [5.74, 6) is 1.94. The molecule has 18 heavy (non-hydrogen) atoms. The van der Waals surface area contributed by atoms with E-state index in [0.29, 0.717) is 6.10 Å². The van der Waals surface area contributed by atoms with Crippen molar-refractivity contribution in [3.63, 3.8) is 0 Å². The first-order chi connectivity index (χ1) is 8.79. The summed E-state index contributed by atoms with van der Waals surface area (Å²) in [6.45, 7) is 6.54. The van der Waals surface area contributed by atoms with Crippen LogP contribution in [0.4, 0.5) is 0 Å². The van der Waals surface area contributed by atoms with Gasteiger partial charge in [0.15, 0.2) is 5.96 Å². The van der Waals surface area contributed by atoms with Gasteiger partial charge in [-0.2, -0.15) is 0 Å². The summed E-state index contributed by atoms with van der Waals surface area (Å²) in [6, 6.07) is 0. The van der Waals surface area contributed by atoms with Crippen LogP contribution in [0.1, 0.15) is 39.0 Å². The Balaban J connectivity index is 1.68. The molecule has 0 radical (unpaired) electrons. The Morgan fingerprint density at radius 1 is 1.33 bits per heavy atom. The van der Waals surface area contributed by atoms with Crippen molar-refractivity contribution < 1.29 is 4.74 Å². The van der Waals surface area contributed by atoms with Gasteiger partial charge in [0.1, 0.15) is 0 Å². The SMILES string of the molecule is CN=C(NCCC1CCCO1)N1CCC(C)CC1. The highest BCUT2D eigenvalue weighted by atomic mass is 16.5. The first kappa shape index (κ1) is 13.7. The highest BCUT2D eigenvalue weighted by Crippen LogP contribution is 2.16. The van der Waals surface area contributed by atoms with Crippen LogP contribution in [0.15, 0.2) is 4.99 Å². The van der Waals surface area contributed by atoms with Gasteiger partial charge >= 0.3 is 0 Å². The second-order valence-electron chi connectivity index (χ2n) is 5.57. The van der Waals surface area contributed by atoms with Crippen LogP contribution in [0.3, 0.4) is 0 Å². The van der Waals surface area contributed by atoms with Crippen molar-refractivity contribution in [2.45, 2.75) is 45.1 Å². The standard InChI is InChI=1S/C14H27N3O/c1-12-6-9-17(10-7-12)14(15-2)16-8-5-13-4-3-11-18-13/h12-13H,3-11H2,1-2H3,(H,15,16). The molecule has 0 spiro atoms. The van der Waals surface area contributed by atoms with Gasteiger partial charge in [-0.05, 0) is 38.0 Å². The summed E-state index contributed by atoms with van der Waals surface area (Å²) in [5, 5.41) is 3.48. The summed E-state index contributed by atoms with van der Waals surface area (Å²) in [5.41, 5.74) is 0. The number of rotatable bonds is 3. The smallest absolute Gasteiger partial charge is 0.193 e. The van der Waals surface area contributed by atoms with Gasteiger partial charge in [-0.3, -0.25) is 4.99 Å². The highest BCUT2D eigenvalue weighted by Gasteiger charge is 2.19. The molecule has 2 aliphatic heterocycles. The maximum absolute atomic E-state index is 5.63. The summed E-state index contributed by atoms with van der Waals surface area (Å²) < 4.78 is 5.63. The van der Waals surface area contributed by atoms with Crippen LogP contribution in [0.5, 0.6) is 0 Å². The lowest BCUT2D eigenvalue weighted by Gasteiger charge is -2.33. The molecule has 2 heterocycles. The third-order valence-corrected chi connectivity index (χ3v) is 4.07. The lowest BCUT2D eigenvalue weighted by atomic mass is 10.00. The molecule has 0 saturated carbocycles. The number of hydrogen-bond donors (Lipinski definition) is 1. The zero-order valence-electron chi connectivity index (χ0n) is 11.8. The van der Waals surface area contributed by atoms with E-state index < -0.39 is 0 Å². The Kier molecular flexibility index (Phi) is 5.29. The van der Waals surface area contributed by atoms with Crippen LogP contribution in [-0.4, -0.2) is 50.3 Å². The Bertz CT molecular complexity index is 266. The molecule has 0 amide bonds. The number of likely N-dealkylation sites (tertiary alicyclic amines) is 1. The van der Waals surface area contributed by atoms with Crippen LogP contribution in [0.25, 0.3) is 0 Å². The number of hydrogen-bond acceptors (Lipinski definition) is 2. The average molecular weight is 253 g/mol. The first-order valence-corrected chi connectivity index (χ1v) is 7.37. The van der Waals surface area contributed by atoms with Gasteiger partial charge in [0, 0.05) is 33.3 Å². The van der Waals surface area contributed by atoms with Crippen molar-refractivity contribution in [3.8, 4) is 0 Å². The van der Waals surface area contributed by atoms with Crippen LogP contribution in [0.2, 0.25) is 0 Å². The van der Waals surface area contributed by atoms with Gasteiger partial charge in [-0.1, -0.05) is 6.92 Å². The lowest BCUT2D eigenvalue weighted by molar-refractivity contribution is 0.105. The molecule has 1 unspecified atom stereocenters. The van der Waals surface area contributed by atoms with Crippen molar-refractivity contribution in [2.24, 2.45) is 10.9 Å². The van der Waals surface area contributed by atoms with Gasteiger partial charge in [-0.25, -0.2) is 0 Å². The fourth-order valence-electron chi connectivity index (χ4n) is 2.77. The first-order valence-electron chi connectivity index (χ1n) is 7.37. The maximum atomic E-state index is 5.63. The average Bonchev–Trinajstić information content (AvgIpc) is 2.89. The molecular weight excluding hydrogens is 226 g/mol. The number of nitrogens with one attached hydrogen (secondary N) is 1. The Morgan fingerprint density at radius 2 is 2.11 bits per heavy atom. The summed E-state index contributed by atoms with van der Waals surface area (Å²) in [4.78, 5) is 6.78. The normalized spacial score (nSPS) is 26.7. The topological polar surface area (TPSA) is 36.9 Å². The zero-order valence-corrected chi connectivity index (χ0v) is 11.8. The van der Waals surface area contributed by atoms with Crippen LogP contribution >= 0.6 is 0 Å². The molecule has 0 aromatic carbocycles. The molecule has 0 aromatic rings. The van der Waals surface area contributed by atoms with E-state index in [1.54, 1.807) is 0 Å².